The predicted molar refractivity (Wildman–Crippen MR) is 101 cm³/mol. The number of nitrogens with zero attached hydrogens (tertiary/aromatic N) is 4. The number of fused-ring (bicyclic) bond motifs is 1. The summed E-state index contributed by atoms with van der Waals surface area (Å²) in [5, 5.41) is 15.6. The Morgan fingerprint density at radius 3 is 2.64 bits per heavy atom. The van der Waals surface area contributed by atoms with E-state index in [9.17, 15) is 9.59 Å². The number of hydrogen-bond donors (Lipinski definition) is 2. The molecule has 0 bridgehead atoms. The van der Waals surface area contributed by atoms with Crippen molar-refractivity contribution < 1.29 is 19.5 Å². The van der Waals surface area contributed by atoms with Gasteiger partial charge in [-0.05, 0) is 37.8 Å². The Kier molecular flexibility index (Phi) is 5.74. The Bertz CT molecular complexity index is 695. The van der Waals surface area contributed by atoms with Gasteiger partial charge in [0.05, 0.1) is 12.3 Å². The molecular formula is C19H27N5O4. The van der Waals surface area contributed by atoms with E-state index < -0.39 is 5.97 Å². The van der Waals surface area contributed by atoms with Crippen LogP contribution in [0, 0.1) is 5.92 Å². The summed E-state index contributed by atoms with van der Waals surface area (Å²) in [6.45, 7) is 3.02. The number of carbonyl (C=O) groups is 2. The lowest BCUT2D eigenvalue weighted by atomic mass is 10.0. The minimum atomic E-state index is -0.908. The standard InChI is InChI=1S/C19H27N5O4/c25-17(26)5-10-21-18(27)16-2-1-11-23(24-19(16)28-24)15-6-12-22(13-7-15)14-3-8-20-9-4-14/h3-4,8-9,15-16,19H,1-2,5-7,10-13H2,(H,21,27)(H,25,26)/t16?,19-,24?/m0/s1. The first-order valence-electron chi connectivity index (χ1n) is 10.0. The summed E-state index contributed by atoms with van der Waals surface area (Å²) in [6, 6.07) is 4.50. The fraction of sp³-hybridized carbons (Fsp3) is 0.632. The van der Waals surface area contributed by atoms with Crippen molar-refractivity contribution in [2.24, 2.45) is 5.92 Å². The number of carbonyl (C=O) groups excluding carboxylic acids is 1. The molecule has 3 aliphatic heterocycles. The zero-order chi connectivity index (χ0) is 19.5. The number of carboxylic acid groups (broad SMARTS) is 1. The number of hydrogen-bond acceptors (Lipinski definition) is 7. The molecule has 0 saturated carbocycles. The van der Waals surface area contributed by atoms with E-state index in [1.165, 1.54) is 5.69 Å². The van der Waals surface area contributed by atoms with Gasteiger partial charge in [-0.2, -0.15) is 0 Å². The molecule has 9 heteroatoms. The van der Waals surface area contributed by atoms with E-state index in [1.807, 2.05) is 29.7 Å². The van der Waals surface area contributed by atoms with Gasteiger partial charge in [0.1, 0.15) is 0 Å². The Balaban J connectivity index is 1.29. The van der Waals surface area contributed by atoms with E-state index in [0.717, 1.165) is 45.3 Å². The molecule has 9 nitrogen and oxygen atoms in total. The highest BCUT2D eigenvalue weighted by Gasteiger charge is 2.53. The normalized spacial score (nSPS) is 28.3. The Labute approximate surface area is 164 Å². The van der Waals surface area contributed by atoms with Crippen molar-refractivity contribution in [2.45, 2.75) is 44.4 Å². The lowest BCUT2D eigenvalue weighted by molar-refractivity contribution is -0.137. The van der Waals surface area contributed by atoms with Gasteiger partial charge in [-0.15, -0.1) is 0 Å². The SMILES string of the molecule is O=C(O)CCNC(=O)C1CCCN(C2CCN(c3ccncc3)CC2)N2O[C@@H]12. The molecule has 28 heavy (non-hydrogen) atoms. The van der Waals surface area contributed by atoms with Crippen LogP contribution in [0.3, 0.4) is 0 Å². The van der Waals surface area contributed by atoms with E-state index >= 15 is 0 Å². The largest absolute Gasteiger partial charge is 0.481 e. The molecule has 3 atom stereocenters. The molecule has 2 unspecified atom stereocenters. The quantitative estimate of drug-likeness (QED) is 0.691. The number of rotatable bonds is 6. The van der Waals surface area contributed by atoms with Crippen LogP contribution < -0.4 is 10.2 Å². The van der Waals surface area contributed by atoms with Gasteiger partial charge in [0.2, 0.25) is 5.91 Å². The van der Waals surface area contributed by atoms with Gasteiger partial charge in [-0.25, -0.2) is 5.01 Å². The molecule has 3 aliphatic rings. The maximum atomic E-state index is 12.4. The predicted octanol–water partition coefficient (Wildman–Crippen LogP) is 0.842. The first-order valence-corrected chi connectivity index (χ1v) is 10.0. The molecule has 0 radical (unpaired) electrons. The second-order valence-corrected chi connectivity index (χ2v) is 7.57. The Morgan fingerprint density at radius 2 is 1.93 bits per heavy atom. The van der Waals surface area contributed by atoms with Gasteiger partial charge in [-0.1, -0.05) is 5.17 Å². The number of amides is 1. The summed E-state index contributed by atoms with van der Waals surface area (Å²) in [5.41, 5.74) is 1.21. The van der Waals surface area contributed by atoms with Crippen molar-refractivity contribution in [3.8, 4) is 0 Å². The molecule has 0 aromatic carbocycles. The number of carboxylic acids is 1. The summed E-state index contributed by atoms with van der Waals surface area (Å²) in [6.07, 6.45) is 7.15. The number of pyridine rings is 1. The molecule has 3 fully saturated rings. The minimum absolute atomic E-state index is 0.0596. The molecule has 4 heterocycles. The van der Waals surface area contributed by atoms with E-state index in [0.29, 0.717) is 6.04 Å². The van der Waals surface area contributed by atoms with Gasteiger partial charge in [0.15, 0.2) is 6.23 Å². The van der Waals surface area contributed by atoms with Gasteiger partial charge in [0, 0.05) is 50.3 Å². The van der Waals surface area contributed by atoms with E-state index in [2.05, 4.69) is 20.2 Å². The van der Waals surface area contributed by atoms with Crippen molar-refractivity contribution >= 4 is 17.6 Å². The number of piperidine rings is 1. The van der Waals surface area contributed by atoms with Crippen molar-refractivity contribution in [3.63, 3.8) is 0 Å². The van der Waals surface area contributed by atoms with E-state index in [-0.39, 0.29) is 31.0 Å². The summed E-state index contributed by atoms with van der Waals surface area (Å²) in [7, 11) is 0. The monoisotopic (exact) mass is 389 g/mol. The Morgan fingerprint density at radius 1 is 1.18 bits per heavy atom. The summed E-state index contributed by atoms with van der Waals surface area (Å²) in [4.78, 5) is 35.3. The van der Waals surface area contributed by atoms with Crippen LogP contribution in [0.25, 0.3) is 0 Å². The van der Waals surface area contributed by atoms with Crippen LogP contribution in [-0.4, -0.2) is 70.6 Å². The van der Waals surface area contributed by atoms with Crippen LogP contribution in [0.5, 0.6) is 0 Å². The van der Waals surface area contributed by atoms with Crippen LogP contribution in [-0.2, 0) is 14.4 Å². The van der Waals surface area contributed by atoms with Crippen LogP contribution in [0.1, 0.15) is 32.1 Å². The molecule has 0 spiro atoms. The third-order valence-electron chi connectivity index (χ3n) is 5.78. The van der Waals surface area contributed by atoms with Crippen molar-refractivity contribution in [1.82, 2.24) is 20.5 Å². The maximum absolute atomic E-state index is 12.4. The summed E-state index contributed by atoms with van der Waals surface area (Å²) in [5.74, 6) is -1.26. The number of hydrazine groups is 1. The number of anilines is 1. The highest BCUT2D eigenvalue weighted by Crippen LogP contribution is 2.38. The van der Waals surface area contributed by atoms with Crippen molar-refractivity contribution in [3.05, 3.63) is 24.5 Å². The number of aromatic nitrogens is 1. The molecule has 0 aliphatic carbocycles. The first-order chi connectivity index (χ1) is 13.6. The number of hydroxylamine groups is 1. The molecule has 1 aromatic heterocycles. The van der Waals surface area contributed by atoms with Gasteiger partial charge < -0.3 is 15.3 Å². The summed E-state index contributed by atoms with van der Waals surface area (Å²) < 4.78 is 0. The van der Waals surface area contributed by atoms with Gasteiger partial charge in [0.25, 0.3) is 0 Å². The average molecular weight is 389 g/mol. The van der Waals surface area contributed by atoms with E-state index in [1.54, 1.807) is 0 Å². The molecular weight excluding hydrogens is 362 g/mol. The van der Waals surface area contributed by atoms with Crippen molar-refractivity contribution in [2.75, 3.05) is 31.1 Å². The van der Waals surface area contributed by atoms with Gasteiger partial charge in [-0.3, -0.25) is 19.4 Å². The zero-order valence-corrected chi connectivity index (χ0v) is 15.9. The topological polar surface area (TPSA) is 101 Å². The van der Waals surface area contributed by atoms with E-state index in [4.69, 9.17) is 9.94 Å². The molecule has 152 valence electrons. The fourth-order valence-corrected chi connectivity index (χ4v) is 4.24. The lowest BCUT2D eigenvalue weighted by Gasteiger charge is -2.38. The number of aliphatic carboxylic acids is 1. The van der Waals surface area contributed by atoms with Crippen LogP contribution >= 0.6 is 0 Å². The van der Waals surface area contributed by atoms with Crippen LogP contribution in [0.2, 0.25) is 0 Å². The number of nitrogens with one attached hydrogen (secondary N) is 1. The second kappa shape index (κ2) is 8.42. The minimum Gasteiger partial charge on any atom is -0.481 e. The molecule has 4 rings (SSSR count). The lowest BCUT2D eigenvalue weighted by Crippen LogP contribution is -2.47. The smallest absolute Gasteiger partial charge is 0.305 e. The Hall–Kier alpha value is -2.23. The van der Waals surface area contributed by atoms with Crippen molar-refractivity contribution in [1.29, 1.82) is 0 Å². The van der Waals surface area contributed by atoms with Crippen LogP contribution in [0.15, 0.2) is 24.5 Å². The molecule has 1 aromatic rings. The average Bonchev–Trinajstić information content (AvgIpc) is 3.49. The zero-order valence-electron chi connectivity index (χ0n) is 15.9. The molecule has 1 amide bonds. The highest BCUT2D eigenvalue weighted by molar-refractivity contribution is 5.80. The second-order valence-electron chi connectivity index (χ2n) is 7.57. The first kappa shape index (κ1) is 19.1. The van der Waals surface area contributed by atoms with Crippen LogP contribution in [0.4, 0.5) is 5.69 Å². The third kappa shape index (κ3) is 4.26. The highest BCUT2D eigenvalue weighted by atomic mass is 16.9. The fourth-order valence-electron chi connectivity index (χ4n) is 4.24. The third-order valence-corrected chi connectivity index (χ3v) is 5.78. The van der Waals surface area contributed by atoms with Gasteiger partial charge >= 0.3 is 5.97 Å². The summed E-state index contributed by atoms with van der Waals surface area (Å²) >= 11 is 0. The maximum Gasteiger partial charge on any atom is 0.305 e. The molecule has 3 saturated heterocycles. The molecule has 2 N–H and O–H groups in total.